The lowest BCUT2D eigenvalue weighted by molar-refractivity contribution is -0.160. The average molecular weight is 232 g/mol. The van der Waals surface area contributed by atoms with Crippen molar-refractivity contribution < 1.29 is 14.3 Å². The van der Waals surface area contributed by atoms with Crippen molar-refractivity contribution in [2.24, 2.45) is 5.41 Å². The zero-order valence-corrected chi connectivity index (χ0v) is 9.89. The zero-order valence-electron chi connectivity index (χ0n) is 9.89. The van der Waals surface area contributed by atoms with Gasteiger partial charge < -0.3 is 9.47 Å². The molecular weight excluding hydrogens is 216 g/mol. The van der Waals surface area contributed by atoms with Gasteiger partial charge in [0.25, 0.3) is 0 Å². The van der Waals surface area contributed by atoms with Crippen LogP contribution in [-0.4, -0.2) is 25.8 Å². The van der Waals surface area contributed by atoms with E-state index in [1.54, 1.807) is 6.08 Å². The lowest BCUT2D eigenvalue weighted by Gasteiger charge is -2.36. The van der Waals surface area contributed by atoms with Crippen molar-refractivity contribution in [2.45, 2.75) is 6.92 Å². The molecule has 1 saturated heterocycles. The summed E-state index contributed by atoms with van der Waals surface area (Å²) in [5.41, 5.74) is 0.999. The summed E-state index contributed by atoms with van der Waals surface area (Å²) in [4.78, 5) is 11.5. The Kier molecular flexibility index (Phi) is 3.59. The standard InChI is InChI=1S/C14H16O3/c1-14(9-16-10-14)11-17-13(15)8-7-12-5-3-2-4-6-12/h2-8H,9-11H2,1H3. The molecule has 90 valence electrons. The molecule has 0 N–H and O–H groups in total. The molecule has 1 fully saturated rings. The molecule has 1 aliphatic rings. The molecule has 0 radical (unpaired) electrons. The summed E-state index contributed by atoms with van der Waals surface area (Å²) in [5.74, 6) is -0.304. The normalized spacial score (nSPS) is 17.7. The van der Waals surface area contributed by atoms with Crippen LogP contribution in [0.15, 0.2) is 36.4 Å². The molecule has 0 atom stereocenters. The average Bonchev–Trinajstić information content (AvgIpc) is 2.33. The Morgan fingerprint density at radius 2 is 2.12 bits per heavy atom. The number of esters is 1. The third kappa shape index (κ3) is 3.43. The minimum Gasteiger partial charge on any atom is -0.462 e. The second-order valence-electron chi connectivity index (χ2n) is 4.66. The van der Waals surface area contributed by atoms with E-state index in [0.717, 1.165) is 5.56 Å². The Hall–Kier alpha value is -1.61. The van der Waals surface area contributed by atoms with Crippen LogP contribution in [0.1, 0.15) is 12.5 Å². The maximum Gasteiger partial charge on any atom is 0.330 e. The summed E-state index contributed by atoms with van der Waals surface area (Å²) in [6.07, 6.45) is 3.21. The van der Waals surface area contributed by atoms with E-state index in [1.165, 1.54) is 6.08 Å². The zero-order chi connectivity index (χ0) is 12.1. The van der Waals surface area contributed by atoms with Gasteiger partial charge in [0.2, 0.25) is 0 Å². The number of hydrogen-bond acceptors (Lipinski definition) is 3. The molecule has 2 rings (SSSR count). The van der Waals surface area contributed by atoms with Gasteiger partial charge in [-0.15, -0.1) is 0 Å². The van der Waals surface area contributed by atoms with E-state index in [1.807, 2.05) is 37.3 Å². The number of carbonyl (C=O) groups excluding carboxylic acids is 1. The Labute approximate surface area is 101 Å². The topological polar surface area (TPSA) is 35.5 Å². The number of carbonyl (C=O) groups is 1. The third-order valence-electron chi connectivity index (χ3n) is 2.68. The highest BCUT2D eigenvalue weighted by Gasteiger charge is 2.34. The van der Waals surface area contributed by atoms with E-state index in [-0.39, 0.29) is 11.4 Å². The first-order valence-electron chi connectivity index (χ1n) is 5.66. The number of benzene rings is 1. The van der Waals surface area contributed by atoms with Gasteiger partial charge in [0.15, 0.2) is 0 Å². The van der Waals surface area contributed by atoms with Gasteiger partial charge in [0, 0.05) is 11.5 Å². The van der Waals surface area contributed by atoms with Crippen LogP contribution in [0.4, 0.5) is 0 Å². The number of ether oxygens (including phenoxy) is 2. The van der Waals surface area contributed by atoms with E-state index in [0.29, 0.717) is 19.8 Å². The highest BCUT2D eigenvalue weighted by atomic mass is 16.5. The molecule has 1 aromatic rings. The number of hydrogen-bond donors (Lipinski definition) is 0. The maximum atomic E-state index is 11.5. The monoisotopic (exact) mass is 232 g/mol. The van der Waals surface area contributed by atoms with Crippen molar-refractivity contribution in [1.82, 2.24) is 0 Å². The van der Waals surface area contributed by atoms with Crippen molar-refractivity contribution in [3.8, 4) is 0 Å². The van der Waals surface area contributed by atoms with Gasteiger partial charge in [-0.3, -0.25) is 0 Å². The van der Waals surface area contributed by atoms with Crippen molar-refractivity contribution in [3.63, 3.8) is 0 Å². The van der Waals surface area contributed by atoms with Crippen molar-refractivity contribution in [1.29, 1.82) is 0 Å². The first-order valence-corrected chi connectivity index (χ1v) is 5.66. The molecule has 0 aromatic heterocycles. The lowest BCUT2D eigenvalue weighted by atomic mass is 9.90. The van der Waals surface area contributed by atoms with E-state index in [2.05, 4.69) is 0 Å². The van der Waals surface area contributed by atoms with Crippen LogP contribution in [-0.2, 0) is 14.3 Å². The molecule has 0 saturated carbocycles. The van der Waals surface area contributed by atoms with E-state index in [9.17, 15) is 4.79 Å². The molecule has 3 heteroatoms. The highest BCUT2D eigenvalue weighted by molar-refractivity contribution is 5.87. The first-order chi connectivity index (χ1) is 8.18. The molecule has 0 bridgehead atoms. The van der Waals surface area contributed by atoms with Crippen molar-refractivity contribution in [3.05, 3.63) is 42.0 Å². The van der Waals surface area contributed by atoms with Crippen LogP contribution in [0.2, 0.25) is 0 Å². The van der Waals surface area contributed by atoms with Gasteiger partial charge in [0.05, 0.1) is 13.2 Å². The van der Waals surface area contributed by atoms with E-state index in [4.69, 9.17) is 9.47 Å². The van der Waals surface area contributed by atoms with E-state index < -0.39 is 0 Å². The highest BCUT2D eigenvalue weighted by Crippen LogP contribution is 2.26. The summed E-state index contributed by atoms with van der Waals surface area (Å²) in [6, 6.07) is 9.66. The minimum absolute atomic E-state index is 0.0102. The van der Waals surface area contributed by atoms with Gasteiger partial charge in [-0.05, 0) is 11.6 Å². The second kappa shape index (κ2) is 5.15. The fourth-order valence-electron chi connectivity index (χ4n) is 1.56. The van der Waals surface area contributed by atoms with Crippen LogP contribution in [0.25, 0.3) is 6.08 Å². The predicted molar refractivity (Wildman–Crippen MR) is 65.4 cm³/mol. The summed E-state index contributed by atoms with van der Waals surface area (Å²) in [5, 5.41) is 0. The van der Waals surface area contributed by atoms with Gasteiger partial charge in [-0.1, -0.05) is 37.3 Å². The summed E-state index contributed by atoms with van der Waals surface area (Å²) < 4.78 is 10.3. The SMILES string of the molecule is CC1(COC(=O)C=Cc2ccccc2)COC1. The Bertz CT molecular complexity index is 405. The molecule has 1 aliphatic heterocycles. The lowest BCUT2D eigenvalue weighted by Crippen LogP contribution is -2.43. The number of rotatable bonds is 4. The van der Waals surface area contributed by atoms with Gasteiger partial charge >= 0.3 is 5.97 Å². The summed E-state index contributed by atoms with van der Waals surface area (Å²) in [7, 11) is 0. The van der Waals surface area contributed by atoms with Gasteiger partial charge in [-0.25, -0.2) is 4.79 Å². The van der Waals surface area contributed by atoms with Crippen LogP contribution < -0.4 is 0 Å². The predicted octanol–water partition coefficient (Wildman–Crippen LogP) is 2.28. The van der Waals surface area contributed by atoms with E-state index >= 15 is 0 Å². The van der Waals surface area contributed by atoms with Crippen LogP contribution >= 0.6 is 0 Å². The minimum atomic E-state index is -0.304. The smallest absolute Gasteiger partial charge is 0.330 e. The molecule has 0 unspecified atom stereocenters. The van der Waals surface area contributed by atoms with Crippen LogP contribution in [0.5, 0.6) is 0 Å². The molecule has 1 aromatic carbocycles. The van der Waals surface area contributed by atoms with Crippen molar-refractivity contribution >= 4 is 12.0 Å². The largest absolute Gasteiger partial charge is 0.462 e. The molecule has 3 nitrogen and oxygen atoms in total. The fourth-order valence-corrected chi connectivity index (χ4v) is 1.56. The fraction of sp³-hybridized carbons (Fsp3) is 0.357. The molecule has 0 spiro atoms. The Morgan fingerprint density at radius 1 is 1.41 bits per heavy atom. The molecule has 17 heavy (non-hydrogen) atoms. The van der Waals surface area contributed by atoms with Gasteiger partial charge in [-0.2, -0.15) is 0 Å². The van der Waals surface area contributed by atoms with Crippen LogP contribution in [0.3, 0.4) is 0 Å². The van der Waals surface area contributed by atoms with Gasteiger partial charge in [0.1, 0.15) is 6.61 Å². The Morgan fingerprint density at radius 3 is 2.71 bits per heavy atom. The van der Waals surface area contributed by atoms with Crippen LogP contribution in [0, 0.1) is 5.41 Å². The third-order valence-corrected chi connectivity index (χ3v) is 2.68. The molecular formula is C14H16O3. The Balaban J connectivity index is 1.79. The molecule has 1 heterocycles. The first kappa shape index (κ1) is 11.9. The quantitative estimate of drug-likeness (QED) is 0.590. The van der Waals surface area contributed by atoms with Crippen molar-refractivity contribution in [2.75, 3.05) is 19.8 Å². The second-order valence-corrected chi connectivity index (χ2v) is 4.66. The molecule has 0 amide bonds. The summed E-state index contributed by atoms with van der Waals surface area (Å²) in [6.45, 7) is 3.81. The summed E-state index contributed by atoms with van der Waals surface area (Å²) >= 11 is 0. The molecule has 0 aliphatic carbocycles. The maximum absolute atomic E-state index is 11.5.